The average Bonchev–Trinajstić information content (AvgIpc) is 2.43. The van der Waals surface area contributed by atoms with Crippen LogP contribution in [0.2, 0.25) is 0 Å². The summed E-state index contributed by atoms with van der Waals surface area (Å²) in [7, 11) is 1.74. The van der Waals surface area contributed by atoms with Gasteiger partial charge in [0.1, 0.15) is 5.75 Å². The van der Waals surface area contributed by atoms with Crippen molar-refractivity contribution in [3.8, 4) is 5.75 Å². The largest absolute Gasteiger partial charge is 0.490 e. The van der Waals surface area contributed by atoms with Crippen LogP contribution in [0.3, 0.4) is 0 Å². The summed E-state index contributed by atoms with van der Waals surface area (Å²) >= 11 is 0. The Balaban J connectivity index is 2.14. The van der Waals surface area contributed by atoms with Crippen molar-refractivity contribution in [2.24, 2.45) is 5.92 Å². The molecule has 2 rings (SSSR count). The van der Waals surface area contributed by atoms with Crippen LogP contribution in [-0.4, -0.2) is 14.5 Å². The van der Waals surface area contributed by atoms with Crippen LogP contribution in [-0.2, 0) is 9.05 Å². The predicted molar refractivity (Wildman–Crippen MR) is 85.6 cm³/mol. The van der Waals surface area contributed by atoms with Gasteiger partial charge in [0.05, 0.1) is 11.0 Å². The third kappa shape index (κ3) is 3.92. The maximum Gasteiger partial charge on any atom is 0.261 e. The van der Waals surface area contributed by atoms with Crippen molar-refractivity contribution in [3.05, 3.63) is 23.3 Å². The molecule has 1 saturated carbocycles. The van der Waals surface area contributed by atoms with Crippen molar-refractivity contribution in [2.75, 3.05) is 0 Å². The van der Waals surface area contributed by atoms with Crippen molar-refractivity contribution < 1.29 is 13.2 Å². The highest BCUT2D eigenvalue weighted by Gasteiger charge is 2.23. The minimum absolute atomic E-state index is 0.170. The molecule has 0 bridgehead atoms. The fourth-order valence-electron chi connectivity index (χ4n) is 3.00. The minimum Gasteiger partial charge on any atom is -0.490 e. The molecule has 0 amide bonds. The highest BCUT2D eigenvalue weighted by molar-refractivity contribution is 8.13. The second-order valence-electron chi connectivity index (χ2n) is 5.92. The van der Waals surface area contributed by atoms with Gasteiger partial charge in [0.2, 0.25) is 0 Å². The molecule has 1 aromatic carbocycles. The lowest BCUT2D eigenvalue weighted by Crippen LogP contribution is -2.24. The molecule has 5 heteroatoms. The molecule has 1 aliphatic rings. The lowest BCUT2D eigenvalue weighted by atomic mass is 9.86. The van der Waals surface area contributed by atoms with E-state index in [9.17, 15) is 8.42 Å². The van der Waals surface area contributed by atoms with E-state index in [0.29, 0.717) is 5.56 Å². The number of hydrogen-bond acceptors (Lipinski definition) is 3. The molecule has 0 N–H and O–H groups in total. The Morgan fingerprint density at radius 2 is 1.76 bits per heavy atom. The van der Waals surface area contributed by atoms with Crippen LogP contribution in [0, 0.1) is 19.8 Å². The third-order valence-corrected chi connectivity index (χ3v) is 6.08. The van der Waals surface area contributed by atoms with E-state index in [4.69, 9.17) is 15.4 Å². The number of rotatable bonds is 4. The molecule has 0 aromatic heterocycles. The SMILES string of the molecule is CCC1CCC(Oc2ccc(S(=O)(=O)Cl)c(C)c2C)CC1. The van der Waals surface area contributed by atoms with Gasteiger partial charge in [0.25, 0.3) is 9.05 Å². The summed E-state index contributed by atoms with van der Waals surface area (Å²) in [6.07, 6.45) is 6.07. The molecule has 0 heterocycles. The van der Waals surface area contributed by atoms with Gasteiger partial charge in [-0.3, -0.25) is 0 Å². The van der Waals surface area contributed by atoms with Gasteiger partial charge in [-0.25, -0.2) is 8.42 Å². The van der Waals surface area contributed by atoms with Crippen LogP contribution in [0.4, 0.5) is 0 Å². The molecule has 0 atom stereocenters. The van der Waals surface area contributed by atoms with E-state index in [0.717, 1.165) is 30.1 Å². The van der Waals surface area contributed by atoms with E-state index >= 15 is 0 Å². The Hall–Kier alpha value is -0.740. The number of ether oxygens (including phenoxy) is 1. The maximum absolute atomic E-state index is 11.5. The number of hydrogen-bond donors (Lipinski definition) is 0. The summed E-state index contributed by atoms with van der Waals surface area (Å²) < 4.78 is 29.1. The smallest absolute Gasteiger partial charge is 0.261 e. The molecule has 0 aliphatic heterocycles. The Morgan fingerprint density at radius 3 is 2.29 bits per heavy atom. The summed E-state index contributed by atoms with van der Waals surface area (Å²) in [4.78, 5) is 0.170. The summed E-state index contributed by atoms with van der Waals surface area (Å²) in [5.74, 6) is 1.60. The fraction of sp³-hybridized carbons (Fsp3) is 0.625. The van der Waals surface area contributed by atoms with Crippen LogP contribution >= 0.6 is 10.7 Å². The second-order valence-corrected chi connectivity index (χ2v) is 8.45. The maximum atomic E-state index is 11.5. The van der Waals surface area contributed by atoms with Crippen LogP contribution in [0.15, 0.2) is 17.0 Å². The van der Waals surface area contributed by atoms with Crippen molar-refractivity contribution in [2.45, 2.75) is 63.9 Å². The van der Waals surface area contributed by atoms with E-state index in [1.807, 2.05) is 6.92 Å². The lowest BCUT2D eigenvalue weighted by Gasteiger charge is -2.29. The lowest BCUT2D eigenvalue weighted by molar-refractivity contribution is 0.129. The topological polar surface area (TPSA) is 43.4 Å². The van der Waals surface area contributed by atoms with Gasteiger partial charge in [0, 0.05) is 10.7 Å². The standard InChI is InChI=1S/C16H23ClO3S/c1-4-13-5-7-14(8-6-13)20-15-9-10-16(21(17,18)19)12(3)11(15)2/h9-10,13-14H,4-8H2,1-3H3. The molecule has 0 radical (unpaired) electrons. The van der Waals surface area contributed by atoms with Crippen molar-refractivity contribution >= 4 is 19.7 Å². The zero-order valence-electron chi connectivity index (χ0n) is 12.9. The average molecular weight is 331 g/mol. The van der Waals surface area contributed by atoms with Crippen molar-refractivity contribution in [1.29, 1.82) is 0 Å². The zero-order chi connectivity index (χ0) is 15.6. The monoisotopic (exact) mass is 330 g/mol. The predicted octanol–water partition coefficient (Wildman–Crippen LogP) is 4.58. The molecule has 0 spiro atoms. The van der Waals surface area contributed by atoms with Gasteiger partial charge in [0.15, 0.2) is 0 Å². The Kier molecular flexibility index (Phi) is 5.20. The molecule has 3 nitrogen and oxygen atoms in total. The fourth-order valence-corrected chi connectivity index (χ4v) is 4.25. The zero-order valence-corrected chi connectivity index (χ0v) is 14.4. The van der Waals surface area contributed by atoms with Gasteiger partial charge >= 0.3 is 0 Å². The Labute approximate surface area is 132 Å². The molecular formula is C16H23ClO3S. The summed E-state index contributed by atoms with van der Waals surface area (Å²) in [5.41, 5.74) is 1.53. The summed E-state index contributed by atoms with van der Waals surface area (Å²) in [6, 6.07) is 3.27. The minimum atomic E-state index is -3.70. The first-order chi connectivity index (χ1) is 9.82. The normalized spacial score (nSPS) is 23.0. The van der Waals surface area contributed by atoms with Crippen LogP contribution < -0.4 is 4.74 Å². The van der Waals surface area contributed by atoms with Crippen LogP contribution in [0.1, 0.15) is 50.2 Å². The van der Waals surface area contributed by atoms with E-state index in [1.165, 1.54) is 25.3 Å². The quantitative estimate of drug-likeness (QED) is 0.759. The first-order valence-corrected chi connectivity index (χ1v) is 9.85. The van der Waals surface area contributed by atoms with Gasteiger partial charge in [-0.2, -0.15) is 0 Å². The van der Waals surface area contributed by atoms with E-state index < -0.39 is 9.05 Å². The van der Waals surface area contributed by atoms with Crippen molar-refractivity contribution in [1.82, 2.24) is 0 Å². The Bertz CT molecular complexity index is 602. The summed E-state index contributed by atoms with van der Waals surface area (Å²) in [5, 5.41) is 0. The molecule has 0 unspecified atom stereocenters. The molecule has 1 fully saturated rings. The second kappa shape index (κ2) is 6.57. The molecule has 0 saturated heterocycles. The van der Waals surface area contributed by atoms with Crippen LogP contribution in [0.5, 0.6) is 5.75 Å². The highest BCUT2D eigenvalue weighted by atomic mass is 35.7. The van der Waals surface area contributed by atoms with Crippen molar-refractivity contribution in [3.63, 3.8) is 0 Å². The van der Waals surface area contributed by atoms with Gasteiger partial charge in [-0.05, 0) is 68.7 Å². The Morgan fingerprint density at radius 1 is 1.14 bits per heavy atom. The van der Waals surface area contributed by atoms with E-state index in [2.05, 4.69) is 6.92 Å². The van der Waals surface area contributed by atoms with Gasteiger partial charge in [-0.1, -0.05) is 13.3 Å². The van der Waals surface area contributed by atoms with Gasteiger partial charge < -0.3 is 4.74 Å². The highest BCUT2D eigenvalue weighted by Crippen LogP contribution is 2.33. The van der Waals surface area contributed by atoms with E-state index in [1.54, 1.807) is 13.0 Å². The molecule has 1 aliphatic carbocycles. The van der Waals surface area contributed by atoms with Gasteiger partial charge in [-0.15, -0.1) is 0 Å². The number of benzene rings is 1. The molecule has 1 aromatic rings. The number of halogens is 1. The first-order valence-electron chi connectivity index (χ1n) is 7.54. The molecule has 118 valence electrons. The third-order valence-electron chi connectivity index (χ3n) is 4.62. The molecule has 21 heavy (non-hydrogen) atoms. The molecular weight excluding hydrogens is 308 g/mol. The summed E-state index contributed by atoms with van der Waals surface area (Å²) in [6.45, 7) is 5.89. The van der Waals surface area contributed by atoms with E-state index in [-0.39, 0.29) is 11.0 Å². The first kappa shape index (κ1) is 16.6. The van der Waals surface area contributed by atoms with Crippen LogP contribution in [0.25, 0.3) is 0 Å².